The highest BCUT2D eigenvalue weighted by atomic mass is 32.2. The van der Waals surface area contributed by atoms with Crippen molar-refractivity contribution >= 4 is 15.9 Å². The second kappa shape index (κ2) is 5.71. The fraction of sp³-hybridized carbons (Fsp3) is 0.462. The Labute approximate surface area is 114 Å². The molecule has 106 valence electrons. The third-order valence-corrected chi connectivity index (χ3v) is 3.94. The van der Waals surface area contributed by atoms with Gasteiger partial charge >= 0.3 is 0 Å². The number of carbonyl (C=O) groups excluding carboxylic acids is 1. The summed E-state index contributed by atoms with van der Waals surface area (Å²) in [5.41, 5.74) is 3.15. The number of benzene rings is 1. The van der Waals surface area contributed by atoms with Crippen LogP contribution in [-0.2, 0) is 20.2 Å². The first-order valence-corrected chi connectivity index (χ1v) is 7.56. The Hall–Kier alpha value is -1.40. The van der Waals surface area contributed by atoms with E-state index in [4.69, 9.17) is 0 Å². The lowest BCUT2D eigenvalue weighted by Gasteiger charge is -2.19. The molecule has 0 aliphatic heterocycles. The van der Waals surface area contributed by atoms with E-state index in [1.54, 1.807) is 19.1 Å². The van der Waals surface area contributed by atoms with Crippen LogP contribution in [0, 0.1) is 0 Å². The smallest absolute Gasteiger partial charge is 0.257 e. The van der Waals surface area contributed by atoms with Crippen LogP contribution in [0.15, 0.2) is 29.2 Å². The minimum atomic E-state index is -3.71. The molecule has 1 amide bonds. The first-order valence-electron chi connectivity index (χ1n) is 6.08. The summed E-state index contributed by atoms with van der Waals surface area (Å²) in [6.07, 6.45) is 0.214. The second-order valence-electron chi connectivity index (χ2n) is 5.28. The van der Waals surface area contributed by atoms with Gasteiger partial charge < -0.3 is 0 Å². The highest BCUT2D eigenvalue weighted by Crippen LogP contribution is 2.23. The molecule has 0 atom stereocenters. The number of hydrazine groups is 1. The zero-order valence-corrected chi connectivity index (χ0v) is 12.5. The van der Waals surface area contributed by atoms with Crippen LogP contribution in [0.2, 0.25) is 0 Å². The summed E-state index contributed by atoms with van der Waals surface area (Å²) in [5, 5.41) is 0. The van der Waals surface area contributed by atoms with Crippen molar-refractivity contribution in [3.05, 3.63) is 29.8 Å². The molecule has 0 aromatic heterocycles. The van der Waals surface area contributed by atoms with Gasteiger partial charge in [-0.2, -0.15) is 0 Å². The van der Waals surface area contributed by atoms with E-state index in [2.05, 4.69) is 31.0 Å². The fourth-order valence-corrected chi connectivity index (χ4v) is 2.27. The van der Waals surface area contributed by atoms with Crippen molar-refractivity contribution in [3.63, 3.8) is 0 Å². The Morgan fingerprint density at radius 2 is 1.68 bits per heavy atom. The molecular formula is C13H20N2O3S. The number of sulfonamides is 1. The number of nitrogens with one attached hydrogen (secondary N) is 2. The van der Waals surface area contributed by atoms with E-state index in [1.165, 1.54) is 12.1 Å². The average molecular weight is 284 g/mol. The topological polar surface area (TPSA) is 75.3 Å². The standard InChI is InChI=1S/C13H20N2O3S/c1-5-12(16)14-15-19(17,18)11-8-6-10(7-9-11)13(2,3)4/h6-9,15H,5H2,1-4H3,(H,14,16). The van der Waals surface area contributed by atoms with Crippen molar-refractivity contribution < 1.29 is 13.2 Å². The van der Waals surface area contributed by atoms with E-state index < -0.39 is 10.0 Å². The number of hydrogen-bond acceptors (Lipinski definition) is 3. The van der Waals surface area contributed by atoms with Gasteiger partial charge in [-0.1, -0.05) is 39.8 Å². The van der Waals surface area contributed by atoms with Crippen LogP contribution in [0.4, 0.5) is 0 Å². The van der Waals surface area contributed by atoms with E-state index in [1.807, 2.05) is 0 Å². The van der Waals surface area contributed by atoms with Crippen molar-refractivity contribution in [3.8, 4) is 0 Å². The second-order valence-corrected chi connectivity index (χ2v) is 6.96. The monoisotopic (exact) mass is 284 g/mol. The summed E-state index contributed by atoms with van der Waals surface area (Å²) in [4.78, 5) is 13.2. The number of hydrogen-bond donors (Lipinski definition) is 2. The average Bonchev–Trinajstić information content (AvgIpc) is 2.35. The largest absolute Gasteiger partial charge is 0.278 e. The molecule has 0 radical (unpaired) electrons. The quantitative estimate of drug-likeness (QED) is 0.826. The molecule has 1 rings (SSSR count). The molecule has 0 bridgehead atoms. The summed E-state index contributed by atoms with van der Waals surface area (Å²) in [7, 11) is -3.71. The molecule has 0 aliphatic carbocycles. The zero-order valence-electron chi connectivity index (χ0n) is 11.6. The molecule has 0 saturated carbocycles. The van der Waals surface area contributed by atoms with E-state index in [0.29, 0.717) is 0 Å². The van der Waals surface area contributed by atoms with E-state index in [0.717, 1.165) is 5.56 Å². The van der Waals surface area contributed by atoms with Crippen LogP contribution in [0.5, 0.6) is 0 Å². The lowest BCUT2D eigenvalue weighted by atomic mass is 9.87. The number of amides is 1. The SMILES string of the molecule is CCC(=O)NNS(=O)(=O)c1ccc(C(C)(C)C)cc1. The van der Waals surface area contributed by atoms with E-state index in [9.17, 15) is 13.2 Å². The Morgan fingerprint density at radius 1 is 1.16 bits per heavy atom. The Kier molecular flexibility index (Phi) is 4.70. The molecule has 5 nitrogen and oxygen atoms in total. The molecule has 0 heterocycles. The first kappa shape index (κ1) is 15.7. The van der Waals surface area contributed by atoms with Gasteiger partial charge in [0.2, 0.25) is 5.91 Å². The van der Waals surface area contributed by atoms with Crippen LogP contribution in [0.1, 0.15) is 39.7 Å². The van der Waals surface area contributed by atoms with Crippen molar-refractivity contribution in [2.24, 2.45) is 0 Å². The molecule has 6 heteroatoms. The Bertz CT molecular complexity index is 542. The summed E-state index contributed by atoms with van der Waals surface area (Å²) in [6.45, 7) is 7.80. The minimum absolute atomic E-state index is 0.0356. The predicted molar refractivity (Wildman–Crippen MR) is 73.9 cm³/mol. The highest BCUT2D eigenvalue weighted by Gasteiger charge is 2.17. The predicted octanol–water partition coefficient (Wildman–Crippen LogP) is 1.70. The van der Waals surface area contributed by atoms with Crippen LogP contribution < -0.4 is 10.3 Å². The minimum Gasteiger partial charge on any atom is -0.278 e. The molecule has 0 fully saturated rings. The lowest BCUT2D eigenvalue weighted by molar-refractivity contribution is -0.121. The normalized spacial score (nSPS) is 12.2. The zero-order chi connectivity index (χ0) is 14.7. The maximum absolute atomic E-state index is 11.9. The van der Waals surface area contributed by atoms with Crippen LogP contribution in [-0.4, -0.2) is 14.3 Å². The summed E-state index contributed by atoms with van der Waals surface area (Å²) >= 11 is 0. The summed E-state index contributed by atoms with van der Waals surface area (Å²) in [5.74, 6) is -0.380. The van der Waals surface area contributed by atoms with Crippen LogP contribution >= 0.6 is 0 Å². The molecule has 0 aliphatic rings. The molecule has 2 N–H and O–H groups in total. The van der Waals surface area contributed by atoms with Gasteiger partial charge in [0, 0.05) is 6.42 Å². The fourth-order valence-electron chi connectivity index (χ4n) is 1.41. The molecule has 19 heavy (non-hydrogen) atoms. The van der Waals surface area contributed by atoms with Gasteiger partial charge in [-0.05, 0) is 23.1 Å². The maximum Gasteiger partial charge on any atom is 0.257 e. The van der Waals surface area contributed by atoms with E-state index in [-0.39, 0.29) is 22.6 Å². The van der Waals surface area contributed by atoms with Gasteiger partial charge in [-0.15, -0.1) is 4.83 Å². The van der Waals surface area contributed by atoms with Crippen molar-refractivity contribution in [2.75, 3.05) is 0 Å². The summed E-state index contributed by atoms with van der Waals surface area (Å²) < 4.78 is 23.8. The van der Waals surface area contributed by atoms with Crippen molar-refractivity contribution in [1.82, 2.24) is 10.3 Å². The third-order valence-electron chi connectivity index (χ3n) is 2.68. The van der Waals surface area contributed by atoms with Gasteiger partial charge in [0.15, 0.2) is 0 Å². The van der Waals surface area contributed by atoms with Crippen LogP contribution in [0.25, 0.3) is 0 Å². The van der Waals surface area contributed by atoms with Gasteiger partial charge in [0.1, 0.15) is 0 Å². The van der Waals surface area contributed by atoms with Gasteiger partial charge in [-0.3, -0.25) is 10.2 Å². The van der Waals surface area contributed by atoms with Crippen molar-refractivity contribution in [1.29, 1.82) is 0 Å². The number of rotatable bonds is 4. The highest BCUT2D eigenvalue weighted by molar-refractivity contribution is 7.89. The molecule has 0 saturated heterocycles. The third kappa shape index (κ3) is 4.33. The Balaban J connectivity index is 2.88. The van der Waals surface area contributed by atoms with Crippen LogP contribution in [0.3, 0.4) is 0 Å². The Morgan fingerprint density at radius 3 is 2.11 bits per heavy atom. The lowest BCUT2D eigenvalue weighted by Crippen LogP contribution is -2.41. The van der Waals surface area contributed by atoms with Gasteiger partial charge in [0.05, 0.1) is 4.90 Å². The molecule has 1 aromatic carbocycles. The maximum atomic E-state index is 11.9. The van der Waals surface area contributed by atoms with Gasteiger partial charge in [0.25, 0.3) is 10.0 Å². The molecule has 0 spiro atoms. The number of carbonyl (C=O) groups is 1. The van der Waals surface area contributed by atoms with Gasteiger partial charge in [-0.25, -0.2) is 8.42 Å². The van der Waals surface area contributed by atoms with E-state index >= 15 is 0 Å². The molecule has 0 unspecified atom stereocenters. The van der Waals surface area contributed by atoms with Crippen molar-refractivity contribution in [2.45, 2.75) is 44.4 Å². The first-order chi connectivity index (χ1) is 8.66. The molecular weight excluding hydrogens is 264 g/mol. The summed E-state index contributed by atoms with van der Waals surface area (Å²) in [6, 6.07) is 6.61. The molecule has 1 aromatic rings.